The van der Waals surface area contributed by atoms with E-state index in [0.717, 1.165) is 45.1 Å². The molecule has 1 heterocycles. The number of carbonyl (C=O) groups is 2. The summed E-state index contributed by atoms with van der Waals surface area (Å²) in [6, 6.07) is -0.153. The summed E-state index contributed by atoms with van der Waals surface area (Å²) < 4.78 is 0. The van der Waals surface area contributed by atoms with Crippen LogP contribution in [0.5, 0.6) is 0 Å². The van der Waals surface area contributed by atoms with Crippen molar-refractivity contribution >= 4 is 11.8 Å². The van der Waals surface area contributed by atoms with Gasteiger partial charge in [0.1, 0.15) is 11.6 Å². The first-order valence-electron chi connectivity index (χ1n) is 7.83. The fourth-order valence-corrected chi connectivity index (χ4v) is 3.88. The van der Waals surface area contributed by atoms with Crippen LogP contribution < -0.4 is 5.32 Å². The lowest BCUT2D eigenvalue weighted by Gasteiger charge is -2.45. The van der Waals surface area contributed by atoms with Gasteiger partial charge in [-0.3, -0.25) is 9.59 Å². The van der Waals surface area contributed by atoms with Gasteiger partial charge in [0.15, 0.2) is 0 Å². The first-order valence-corrected chi connectivity index (χ1v) is 7.83. The molecule has 0 aromatic rings. The fourth-order valence-electron chi connectivity index (χ4n) is 3.88. The fraction of sp³-hybridized carbons (Fsp3) is 0.867. The normalized spacial score (nSPS) is 33.9. The van der Waals surface area contributed by atoms with E-state index in [1.165, 1.54) is 12.8 Å². The van der Waals surface area contributed by atoms with Gasteiger partial charge in [0, 0.05) is 6.54 Å². The number of hydrogen-bond acceptors (Lipinski definition) is 2. The second-order valence-electron chi connectivity index (χ2n) is 6.96. The number of amides is 2. The minimum atomic E-state index is -0.530. The molecule has 1 aliphatic heterocycles. The van der Waals surface area contributed by atoms with Gasteiger partial charge in [0.05, 0.1) is 0 Å². The molecule has 0 aromatic heterocycles. The predicted molar refractivity (Wildman–Crippen MR) is 70.3 cm³/mol. The van der Waals surface area contributed by atoms with E-state index in [2.05, 4.69) is 5.32 Å². The molecule has 4 rings (SSSR count). The molecule has 1 saturated heterocycles. The van der Waals surface area contributed by atoms with Crippen LogP contribution in [0.1, 0.15) is 51.4 Å². The summed E-state index contributed by atoms with van der Waals surface area (Å²) in [4.78, 5) is 27.4. The molecular formula is C15H22N2O2. The average molecular weight is 262 g/mol. The van der Waals surface area contributed by atoms with Crippen LogP contribution >= 0.6 is 0 Å². The first-order chi connectivity index (χ1) is 9.20. The minimum absolute atomic E-state index is 0.129. The van der Waals surface area contributed by atoms with Gasteiger partial charge < -0.3 is 10.2 Å². The number of nitrogens with one attached hydrogen (secondary N) is 1. The van der Waals surface area contributed by atoms with Crippen LogP contribution in [0.2, 0.25) is 0 Å². The molecule has 1 unspecified atom stereocenters. The highest BCUT2D eigenvalue weighted by Gasteiger charge is 2.55. The van der Waals surface area contributed by atoms with Gasteiger partial charge in [0.25, 0.3) is 0 Å². The summed E-state index contributed by atoms with van der Waals surface area (Å²) in [5.74, 6) is 1.45. The van der Waals surface area contributed by atoms with Crippen molar-refractivity contribution in [1.29, 1.82) is 0 Å². The maximum absolute atomic E-state index is 12.9. The van der Waals surface area contributed by atoms with Crippen molar-refractivity contribution in [2.45, 2.75) is 62.9 Å². The second-order valence-corrected chi connectivity index (χ2v) is 6.96. The third kappa shape index (κ3) is 1.87. The van der Waals surface area contributed by atoms with Gasteiger partial charge in [-0.25, -0.2) is 0 Å². The molecule has 4 nitrogen and oxygen atoms in total. The zero-order valence-corrected chi connectivity index (χ0v) is 11.4. The van der Waals surface area contributed by atoms with Crippen LogP contribution in [0, 0.1) is 11.8 Å². The molecule has 0 aromatic carbocycles. The topological polar surface area (TPSA) is 49.4 Å². The summed E-state index contributed by atoms with van der Waals surface area (Å²) in [5.41, 5.74) is -0.530. The summed E-state index contributed by atoms with van der Waals surface area (Å²) in [6.45, 7) is 0.829. The lowest BCUT2D eigenvalue weighted by Crippen LogP contribution is -2.70. The number of nitrogens with zero attached hydrogens (tertiary/aromatic N) is 1. The molecule has 0 bridgehead atoms. The average Bonchev–Trinajstić information content (AvgIpc) is 3.29. The molecule has 0 radical (unpaired) electrons. The van der Waals surface area contributed by atoms with E-state index < -0.39 is 5.54 Å². The Bertz CT molecular complexity index is 420. The van der Waals surface area contributed by atoms with Crippen LogP contribution in [0.4, 0.5) is 0 Å². The Hall–Kier alpha value is -1.06. The molecule has 2 amide bonds. The second kappa shape index (κ2) is 3.97. The molecule has 1 N–H and O–H groups in total. The van der Waals surface area contributed by atoms with E-state index in [1.807, 2.05) is 4.90 Å². The molecule has 4 heteroatoms. The van der Waals surface area contributed by atoms with Gasteiger partial charge >= 0.3 is 0 Å². The highest BCUT2D eigenvalue weighted by molar-refractivity contribution is 6.00. The molecule has 4 aliphatic rings. The van der Waals surface area contributed by atoms with E-state index in [9.17, 15) is 9.59 Å². The van der Waals surface area contributed by atoms with Gasteiger partial charge in [-0.1, -0.05) is 12.8 Å². The largest absolute Gasteiger partial charge is 0.340 e. The molecule has 3 saturated carbocycles. The number of piperazine rings is 1. The quantitative estimate of drug-likeness (QED) is 0.837. The van der Waals surface area contributed by atoms with Crippen molar-refractivity contribution in [3.05, 3.63) is 0 Å². The summed E-state index contributed by atoms with van der Waals surface area (Å²) >= 11 is 0. The highest BCUT2D eigenvalue weighted by Crippen LogP contribution is 2.43. The summed E-state index contributed by atoms with van der Waals surface area (Å²) in [7, 11) is 0. The number of rotatable bonds is 3. The van der Waals surface area contributed by atoms with E-state index in [-0.39, 0.29) is 17.9 Å². The number of carbonyl (C=O) groups excluding carboxylic acids is 2. The molecule has 19 heavy (non-hydrogen) atoms. The zero-order chi connectivity index (χ0) is 13.0. The van der Waals surface area contributed by atoms with Crippen LogP contribution in [0.25, 0.3) is 0 Å². The third-order valence-corrected chi connectivity index (χ3v) is 5.31. The number of hydrogen-bond donors (Lipinski definition) is 1. The highest BCUT2D eigenvalue weighted by atomic mass is 16.2. The van der Waals surface area contributed by atoms with Gasteiger partial charge in [-0.05, 0) is 50.4 Å². The Morgan fingerprint density at radius 1 is 1.11 bits per heavy atom. The van der Waals surface area contributed by atoms with Crippen LogP contribution in [0.15, 0.2) is 0 Å². The Balaban J connectivity index is 1.63. The summed E-state index contributed by atoms with van der Waals surface area (Å²) in [5, 5.41) is 3.11. The van der Waals surface area contributed by atoms with Crippen molar-refractivity contribution < 1.29 is 9.59 Å². The molecular weight excluding hydrogens is 240 g/mol. The summed E-state index contributed by atoms with van der Waals surface area (Å²) in [6.07, 6.45) is 8.51. The SMILES string of the molecule is O=C1NC2(CCCC2)C(=O)N(CC2CC2)C1C1CC1. The third-order valence-electron chi connectivity index (χ3n) is 5.31. The van der Waals surface area contributed by atoms with Crippen molar-refractivity contribution in [3.8, 4) is 0 Å². The van der Waals surface area contributed by atoms with Gasteiger partial charge in [0.2, 0.25) is 11.8 Å². The zero-order valence-electron chi connectivity index (χ0n) is 11.4. The van der Waals surface area contributed by atoms with Crippen molar-refractivity contribution in [2.24, 2.45) is 11.8 Å². The maximum Gasteiger partial charge on any atom is 0.249 e. The van der Waals surface area contributed by atoms with Crippen LogP contribution in [-0.4, -0.2) is 34.8 Å². The van der Waals surface area contributed by atoms with E-state index in [4.69, 9.17) is 0 Å². The minimum Gasteiger partial charge on any atom is -0.340 e. The Kier molecular flexibility index (Phi) is 2.45. The first kappa shape index (κ1) is 11.7. The maximum atomic E-state index is 12.9. The Labute approximate surface area is 113 Å². The monoisotopic (exact) mass is 262 g/mol. The lowest BCUT2D eigenvalue weighted by atomic mass is 9.89. The van der Waals surface area contributed by atoms with Crippen molar-refractivity contribution in [1.82, 2.24) is 10.2 Å². The molecule has 3 aliphatic carbocycles. The van der Waals surface area contributed by atoms with Gasteiger partial charge in [-0.2, -0.15) is 0 Å². The van der Waals surface area contributed by atoms with E-state index in [1.54, 1.807) is 0 Å². The van der Waals surface area contributed by atoms with Crippen molar-refractivity contribution in [3.63, 3.8) is 0 Å². The van der Waals surface area contributed by atoms with Gasteiger partial charge in [-0.15, -0.1) is 0 Å². The molecule has 4 fully saturated rings. The lowest BCUT2D eigenvalue weighted by molar-refractivity contribution is -0.156. The van der Waals surface area contributed by atoms with Crippen molar-refractivity contribution in [2.75, 3.05) is 6.54 Å². The predicted octanol–water partition coefficient (Wildman–Crippen LogP) is 1.45. The Morgan fingerprint density at radius 3 is 2.37 bits per heavy atom. The van der Waals surface area contributed by atoms with E-state index in [0.29, 0.717) is 11.8 Å². The van der Waals surface area contributed by atoms with Crippen LogP contribution in [0.3, 0.4) is 0 Å². The smallest absolute Gasteiger partial charge is 0.249 e. The van der Waals surface area contributed by atoms with E-state index >= 15 is 0 Å². The van der Waals surface area contributed by atoms with Crippen LogP contribution in [-0.2, 0) is 9.59 Å². The standard InChI is InChI=1S/C15H22N2O2/c18-13-12(11-5-6-11)17(9-10-3-4-10)14(19)15(16-13)7-1-2-8-15/h10-12H,1-9H2,(H,16,18). The Morgan fingerprint density at radius 2 is 1.79 bits per heavy atom. The molecule has 1 spiro atoms. The molecule has 104 valence electrons. The molecule has 1 atom stereocenters.